The number of nitrogens with zero attached hydrogens (tertiary/aromatic N) is 2. The van der Waals surface area contributed by atoms with E-state index in [1.165, 1.54) is 0 Å². The molecule has 22 heavy (non-hydrogen) atoms. The number of carbonyl (C=O) groups excluding carboxylic acids is 2. The highest BCUT2D eigenvalue weighted by Gasteiger charge is 2.29. The number of carbonyl (C=O) groups is 2. The van der Waals surface area contributed by atoms with Crippen molar-refractivity contribution in [2.45, 2.75) is 59.2 Å². The standard InChI is InChI=1S/C15H22ClN3O3/c1-8(2)7-19-13(16)12(9(3)18-19)15(21)22-10(4)14(20)17-11-5-6-11/h8,10-11H,5-7H2,1-4H3,(H,17,20)/t10-/m0/s1. The average Bonchev–Trinajstić information content (AvgIpc) is 3.16. The lowest BCUT2D eigenvalue weighted by Crippen LogP contribution is -2.37. The van der Waals surface area contributed by atoms with Crippen LogP contribution in [0.3, 0.4) is 0 Å². The molecule has 1 fully saturated rings. The molecule has 1 aromatic heterocycles. The van der Waals surface area contributed by atoms with Gasteiger partial charge in [-0.3, -0.25) is 9.48 Å². The fraction of sp³-hybridized carbons (Fsp3) is 0.667. The predicted octanol–water partition coefficient (Wildman–Crippen LogP) is 2.32. The Morgan fingerprint density at radius 1 is 1.41 bits per heavy atom. The third-order valence-electron chi connectivity index (χ3n) is 3.38. The van der Waals surface area contributed by atoms with Crippen LogP contribution in [-0.4, -0.2) is 33.8 Å². The highest BCUT2D eigenvalue weighted by molar-refractivity contribution is 6.32. The molecule has 0 saturated heterocycles. The van der Waals surface area contributed by atoms with Gasteiger partial charge in [-0.1, -0.05) is 25.4 Å². The summed E-state index contributed by atoms with van der Waals surface area (Å²) < 4.78 is 6.81. The third kappa shape index (κ3) is 4.00. The Hall–Kier alpha value is -1.56. The monoisotopic (exact) mass is 327 g/mol. The van der Waals surface area contributed by atoms with Crippen molar-refractivity contribution in [3.8, 4) is 0 Å². The molecule has 1 atom stereocenters. The van der Waals surface area contributed by atoms with Crippen molar-refractivity contribution in [2.75, 3.05) is 0 Å². The molecule has 1 amide bonds. The second kappa shape index (κ2) is 6.69. The van der Waals surface area contributed by atoms with E-state index in [4.69, 9.17) is 16.3 Å². The second-order valence-corrected chi connectivity index (χ2v) is 6.52. The Balaban J connectivity index is 2.05. The first-order chi connectivity index (χ1) is 10.3. The van der Waals surface area contributed by atoms with Crippen LogP contribution >= 0.6 is 11.6 Å². The van der Waals surface area contributed by atoms with E-state index >= 15 is 0 Å². The lowest BCUT2D eigenvalue weighted by Gasteiger charge is -2.13. The van der Waals surface area contributed by atoms with Gasteiger partial charge in [0.2, 0.25) is 0 Å². The molecule has 1 aromatic rings. The van der Waals surface area contributed by atoms with Gasteiger partial charge in [0.25, 0.3) is 5.91 Å². The SMILES string of the molecule is Cc1nn(CC(C)C)c(Cl)c1C(=O)O[C@@H](C)C(=O)NC1CC1. The summed E-state index contributed by atoms with van der Waals surface area (Å²) in [6, 6.07) is 0.229. The molecule has 1 aliphatic rings. The van der Waals surface area contributed by atoms with E-state index in [1.807, 2.05) is 13.8 Å². The van der Waals surface area contributed by atoms with E-state index in [2.05, 4.69) is 10.4 Å². The largest absolute Gasteiger partial charge is 0.449 e. The number of ether oxygens (including phenoxy) is 1. The van der Waals surface area contributed by atoms with E-state index in [9.17, 15) is 9.59 Å². The van der Waals surface area contributed by atoms with E-state index < -0.39 is 12.1 Å². The smallest absolute Gasteiger partial charge is 0.343 e. The van der Waals surface area contributed by atoms with E-state index in [1.54, 1.807) is 18.5 Å². The topological polar surface area (TPSA) is 73.2 Å². The summed E-state index contributed by atoms with van der Waals surface area (Å²) in [6.07, 6.45) is 1.12. The number of hydrogen-bond acceptors (Lipinski definition) is 4. The Kier molecular flexibility index (Phi) is 5.11. The highest BCUT2D eigenvalue weighted by Crippen LogP contribution is 2.23. The first-order valence-electron chi connectivity index (χ1n) is 7.53. The number of rotatable bonds is 6. The molecule has 0 bridgehead atoms. The molecule has 1 aliphatic carbocycles. The van der Waals surface area contributed by atoms with Gasteiger partial charge in [-0.15, -0.1) is 0 Å². The molecule has 7 heteroatoms. The Bertz CT molecular complexity index is 579. The Morgan fingerprint density at radius 2 is 2.05 bits per heavy atom. The van der Waals surface area contributed by atoms with Gasteiger partial charge in [0.05, 0.1) is 5.69 Å². The maximum absolute atomic E-state index is 12.3. The quantitative estimate of drug-likeness (QED) is 0.814. The summed E-state index contributed by atoms with van der Waals surface area (Å²) in [5, 5.41) is 7.32. The fourth-order valence-corrected chi connectivity index (χ4v) is 2.39. The van der Waals surface area contributed by atoms with Crippen LogP contribution in [0.5, 0.6) is 0 Å². The summed E-state index contributed by atoms with van der Waals surface area (Å²) in [5.74, 6) is -0.543. The van der Waals surface area contributed by atoms with E-state index in [-0.39, 0.29) is 22.7 Å². The van der Waals surface area contributed by atoms with E-state index in [0.29, 0.717) is 18.2 Å². The molecule has 2 rings (SSSR count). The van der Waals surface area contributed by atoms with Crippen molar-refractivity contribution in [3.05, 3.63) is 16.4 Å². The summed E-state index contributed by atoms with van der Waals surface area (Å²) >= 11 is 6.22. The van der Waals surface area contributed by atoms with Gasteiger partial charge in [-0.2, -0.15) is 5.10 Å². The van der Waals surface area contributed by atoms with Crippen molar-refractivity contribution in [1.82, 2.24) is 15.1 Å². The number of aromatic nitrogens is 2. The van der Waals surface area contributed by atoms with Crippen LogP contribution < -0.4 is 5.32 Å². The molecule has 1 saturated carbocycles. The minimum Gasteiger partial charge on any atom is -0.449 e. The molecule has 1 N–H and O–H groups in total. The number of aryl methyl sites for hydroxylation is 1. The molecular weight excluding hydrogens is 306 g/mol. The van der Waals surface area contributed by atoms with Crippen LogP contribution in [0.4, 0.5) is 0 Å². The van der Waals surface area contributed by atoms with Crippen LogP contribution in [0.15, 0.2) is 0 Å². The average molecular weight is 328 g/mol. The van der Waals surface area contributed by atoms with Gasteiger partial charge < -0.3 is 10.1 Å². The number of esters is 1. The van der Waals surface area contributed by atoms with Crippen molar-refractivity contribution in [3.63, 3.8) is 0 Å². The minimum atomic E-state index is -0.850. The van der Waals surface area contributed by atoms with E-state index in [0.717, 1.165) is 12.8 Å². The predicted molar refractivity (Wildman–Crippen MR) is 82.9 cm³/mol. The number of nitrogens with one attached hydrogen (secondary N) is 1. The van der Waals surface area contributed by atoms with Crippen LogP contribution in [-0.2, 0) is 16.1 Å². The van der Waals surface area contributed by atoms with Gasteiger partial charge in [-0.25, -0.2) is 4.79 Å². The molecule has 1 heterocycles. The lowest BCUT2D eigenvalue weighted by atomic mass is 10.2. The maximum atomic E-state index is 12.3. The Labute approximate surface area is 135 Å². The van der Waals surface area contributed by atoms with Crippen LogP contribution in [0.2, 0.25) is 5.15 Å². The zero-order valence-corrected chi connectivity index (χ0v) is 14.1. The van der Waals surface area contributed by atoms with Crippen LogP contribution in [0.25, 0.3) is 0 Å². The minimum absolute atomic E-state index is 0.229. The number of amides is 1. The summed E-state index contributed by atoms with van der Waals surface area (Å²) in [7, 11) is 0. The Morgan fingerprint density at radius 3 is 2.59 bits per heavy atom. The maximum Gasteiger partial charge on any atom is 0.343 e. The molecule has 0 aliphatic heterocycles. The summed E-state index contributed by atoms with van der Waals surface area (Å²) in [6.45, 7) is 7.95. The van der Waals surface area contributed by atoms with Crippen LogP contribution in [0, 0.1) is 12.8 Å². The molecule has 122 valence electrons. The molecule has 0 spiro atoms. The fourth-order valence-electron chi connectivity index (χ4n) is 2.07. The zero-order chi connectivity index (χ0) is 16.4. The van der Waals surface area contributed by atoms with Crippen molar-refractivity contribution in [1.29, 1.82) is 0 Å². The number of hydrogen-bond donors (Lipinski definition) is 1. The van der Waals surface area contributed by atoms with Crippen LogP contribution in [0.1, 0.15) is 49.7 Å². The second-order valence-electron chi connectivity index (χ2n) is 6.16. The summed E-state index contributed by atoms with van der Waals surface area (Å²) in [4.78, 5) is 24.1. The first-order valence-corrected chi connectivity index (χ1v) is 7.91. The third-order valence-corrected chi connectivity index (χ3v) is 3.77. The van der Waals surface area contributed by atoms with Gasteiger partial charge in [0, 0.05) is 12.6 Å². The van der Waals surface area contributed by atoms with Gasteiger partial charge >= 0.3 is 5.97 Å². The molecule has 0 unspecified atom stereocenters. The first kappa shape index (κ1) is 16.8. The van der Waals surface area contributed by atoms with Crippen molar-refractivity contribution >= 4 is 23.5 Å². The highest BCUT2D eigenvalue weighted by atomic mass is 35.5. The van der Waals surface area contributed by atoms with Gasteiger partial charge in [0.15, 0.2) is 6.10 Å². The van der Waals surface area contributed by atoms with Gasteiger partial charge in [0.1, 0.15) is 10.7 Å². The lowest BCUT2D eigenvalue weighted by molar-refractivity contribution is -0.129. The van der Waals surface area contributed by atoms with Crippen molar-refractivity contribution < 1.29 is 14.3 Å². The summed E-state index contributed by atoms with van der Waals surface area (Å²) in [5.41, 5.74) is 0.735. The normalized spacial score (nSPS) is 15.7. The van der Waals surface area contributed by atoms with Gasteiger partial charge in [-0.05, 0) is 32.6 Å². The van der Waals surface area contributed by atoms with Crippen molar-refractivity contribution in [2.24, 2.45) is 5.92 Å². The molecule has 6 nitrogen and oxygen atoms in total. The number of halogens is 1. The zero-order valence-electron chi connectivity index (χ0n) is 13.4. The molecule has 0 radical (unpaired) electrons. The molecular formula is C15H22ClN3O3. The molecule has 0 aromatic carbocycles.